The summed E-state index contributed by atoms with van der Waals surface area (Å²) in [6.07, 6.45) is 3.25. The molecule has 2 aromatic rings. The fourth-order valence-electron chi connectivity index (χ4n) is 1.83. The summed E-state index contributed by atoms with van der Waals surface area (Å²) < 4.78 is 17.4. The molecule has 0 spiro atoms. The highest BCUT2D eigenvalue weighted by Gasteiger charge is 2.13. The van der Waals surface area contributed by atoms with Crippen LogP contribution in [-0.4, -0.2) is 55.4 Å². The van der Waals surface area contributed by atoms with Gasteiger partial charge in [0.05, 0.1) is 12.9 Å². The van der Waals surface area contributed by atoms with Crippen LogP contribution in [0.5, 0.6) is 0 Å². The Morgan fingerprint density at radius 1 is 1.36 bits per heavy atom. The summed E-state index contributed by atoms with van der Waals surface area (Å²) in [6.45, 7) is 1.82. The van der Waals surface area contributed by atoms with E-state index in [-0.39, 0.29) is 6.61 Å². The van der Waals surface area contributed by atoms with Crippen molar-refractivity contribution in [1.82, 2.24) is 19.5 Å². The number of fused-ring (bicyclic) bond motifs is 1. The van der Waals surface area contributed by atoms with Crippen molar-refractivity contribution in [2.75, 3.05) is 31.4 Å². The van der Waals surface area contributed by atoms with Gasteiger partial charge in [0.2, 0.25) is 0 Å². The molecule has 0 aliphatic heterocycles. The van der Waals surface area contributed by atoms with Crippen LogP contribution in [0, 0.1) is 0 Å². The van der Waals surface area contributed by atoms with Crippen molar-refractivity contribution < 1.29 is 19.1 Å². The molecule has 122 valence electrons. The van der Waals surface area contributed by atoms with E-state index in [1.165, 1.54) is 6.33 Å². The molecule has 0 amide bonds. The quantitative estimate of drug-likeness (QED) is 0.360. The Morgan fingerprint density at radius 2 is 2.18 bits per heavy atom. The van der Waals surface area contributed by atoms with Gasteiger partial charge in [0.1, 0.15) is 18.2 Å². The third-order valence-electron chi connectivity index (χ3n) is 2.81. The summed E-state index contributed by atoms with van der Waals surface area (Å²) in [5.41, 5.74) is 6.71. The lowest BCUT2D eigenvalue weighted by molar-refractivity contribution is 0.149. The lowest BCUT2D eigenvalue weighted by Crippen LogP contribution is -2.10. The number of rotatable bonds is 9. The molecular formula is C11H19N6O4P. The van der Waals surface area contributed by atoms with Gasteiger partial charge in [-0.2, -0.15) is 0 Å². The molecular weight excluding hydrogens is 311 g/mol. The lowest BCUT2D eigenvalue weighted by atomic mass is 10.4. The Morgan fingerprint density at radius 3 is 2.91 bits per heavy atom. The summed E-state index contributed by atoms with van der Waals surface area (Å²) in [5.74, 6) is 0.633. The maximum absolute atomic E-state index is 10.7. The highest BCUT2D eigenvalue weighted by atomic mass is 31.2. The van der Waals surface area contributed by atoms with E-state index in [4.69, 9.17) is 20.3 Å². The van der Waals surface area contributed by atoms with Crippen LogP contribution < -0.4 is 11.1 Å². The first-order chi connectivity index (χ1) is 10.5. The molecule has 0 saturated heterocycles. The summed E-state index contributed by atoms with van der Waals surface area (Å²) >= 11 is 0. The molecule has 0 atom stereocenters. The number of ether oxygens (including phenoxy) is 1. The predicted molar refractivity (Wildman–Crippen MR) is 80.3 cm³/mol. The molecule has 10 nitrogen and oxygen atoms in total. The van der Waals surface area contributed by atoms with Gasteiger partial charge >= 0.3 is 7.60 Å². The van der Waals surface area contributed by atoms with E-state index in [1.807, 2.05) is 0 Å². The molecule has 2 rings (SSSR count). The van der Waals surface area contributed by atoms with Crippen molar-refractivity contribution in [3.05, 3.63) is 12.7 Å². The molecule has 0 aliphatic carbocycles. The Bertz CT molecular complexity index is 657. The number of nitrogens with zero attached hydrogens (tertiary/aromatic N) is 4. The van der Waals surface area contributed by atoms with Crippen molar-refractivity contribution in [3.63, 3.8) is 0 Å². The van der Waals surface area contributed by atoms with Gasteiger partial charge in [0.25, 0.3) is 0 Å². The lowest BCUT2D eigenvalue weighted by Gasteiger charge is -2.07. The zero-order chi connectivity index (χ0) is 16.0. The number of aromatic nitrogens is 4. The first kappa shape index (κ1) is 16.8. The SMILES string of the molecule is NCCCNc1ncnc2c1ncn2CCOCP(=O)(O)O. The monoisotopic (exact) mass is 330 g/mol. The molecule has 2 aromatic heterocycles. The number of anilines is 1. The molecule has 0 aromatic carbocycles. The zero-order valence-electron chi connectivity index (χ0n) is 11.9. The van der Waals surface area contributed by atoms with E-state index in [9.17, 15) is 4.57 Å². The summed E-state index contributed by atoms with van der Waals surface area (Å²) in [7, 11) is -4.14. The van der Waals surface area contributed by atoms with Crippen molar-refractivity contribution in [2.24, 2.45) is 5.73 Å². The van der Waals surface area contributed by atoms with Crippen molar-refractivity contribution in [1.29, 1.82) is 0 Å². The number of imidazole rings is 1. The molecule has 11 heteroatoms. The molecule has 0 saturated carbocycles. The Hall–Kier alpha value is -1.58. The van der Waals surface area contributed by atoms with Crippen molar-refractivity contribution in [2.45, 2.75) is 13.0 Å². The van der Waals surface area contributed by atoms with Crippen LogP contribution in [0.25, 0.3) is 11.2 Å². The fraction of sp³-hybridized carbons (Fsp3) is 0.545. The molecule has 5 N–H and O–H groups in total. The van der Waals surface area contributed by atoms with E-state index in [1.54, 1.807) is 10.9 Å². The number of nitrogens with two attached hydrogens (primary N) is 1. The van der Waals surface area contributed by atoms with Crippen LogP contribution in [0.2, 0.25) is 0 Å². The van der Waals surface area contributed by atoms with E-state index >= 15 is 0 Å². The first-order valence-electron chi connectivity index (χ1n) is 6.73. The van der Waals surface area contributed by atoms with Gasteiger partial charge < -0.3 is 30.1 Å². The topological polar surface area (TPSA) is 148 Å². The van der Waals surface area contributed by atoms with Gasteiger partial charge in [-0.25, -0.2) is 15.0 Å². The van der Waals surface area contributed by atoms with Crippen LogP contribution in [-0.2, 0) is 15.8 Å². The maximum atomic E-state index is 10.7. The van der Waals surface area contributed by atoms with Gasteiger partial charge in [-0.15, -0.1) is 0 Å². The van der Waals surface area contributed by atoms with Gasteiger partial charge in [-0.3, -0.25) is 4.57 Å². The van der Waals surface area contributed by atoms with Crippen LogP contribution >= 0.6 is 7.60 Å². The summed E-state index contributed by atoms with van der Waals surface area (Å²) in [5, 5.41) is 3.15. The minimum Gasteiger partial charge on any atom is -0.368 e. The van der Waals surface area contributed by atoms with Crippen LogP contribution in [0.3, 0.4) is 0 Å². The molecule has 2 heterocycles. The highest BCUT2D eigenvalue weighted by Crippen LogP contribution is 2.33. The average molecular weight is 330 g/mol. The second kappa shape index (κ2) is 7.61. The first-order valence-corrected chi connectivity index (χ1v) is 8.53. The fourth-order valence-corrected chi connectivity index (χ4v) is 2.20. The Labute approximate surface area is 126 Å². The van der Waals surface area contributed by atoms with Crippen LogP contribution in [0.4, 0.5) is 5.82 Å². The average Bonchev–Trinajstić information content (AvgIpc) is 2.87. The Kier molecular flexibility index (Phi) is 5.81. The minimum absolute atomic E-state index is 0.149. The highest BCUT2D eigenvalue weighted by molar-refractivity contribution is 7.51. The van der Waals surface area contributed by atoms with Crippen LogP contribution in [0.15, 0.2) is 12.7 Å². The van der Waals surface area contributed by atoms with Crippen LogP contribution in [0.1, 0.15) is 6.42 Å². The van der Waals surface area contributed by atoms with Gasteiger partial charge in [-0.05, 0) is 13.0 Å². The number of nitrogens with one attached hydrogen (secondary N) is 1. The Balaban J connectivity index is 2.00. The molecule has 0 unspecified atom stereocenters. The maximum Gasteiger partial charge on any atom is 0.350 e. The van der Waals surface area contributed by atoms with E-state index < -0.39 is 13.9 Å². The smallest absolute Gasteiger partial charge is 0.350 e. The van der Waals surface area contributed by atoms with E-state index in [2.05, 4.69) is 20.3 Å². The third-order valence-corrected chi connectivity index (χ3v) is 3.33. The predicted octanol–water partition coefficient (Wildman–Crippen LogP) is -0.261. The van der Waals surface area contributed by atoms with Crippen molar-refractivity contribution >= 4 is 24.6 Å². The van der Waals surface area contributed by atoms with Gasteiger partial charge in [0, 0.05) is 13.1 Å². The normalized spacial score (nSPS) is 12.0. The van der Waals surface area contributed by atoms with Crippen molar-refractivity contribution in [3.8, 4) is 0 Å². The molecule has 0 bridgehead atoms. The van der Waals surface area contributed by atoms with Gasteiger partial charge in [0.15, 0.2) is 11.5 Å². The molecule has 0 aliphatic rings. The third kappa shape index (κ3) is 4.72. The summed E-state index contributed by atoms with van der Waals surface area (Å²) in [4.78, 5) is 30.0. The molecule has 22 heavy (non-hydrogen) atoms. The molecule has 0 radical (unpaired) electrons. The molecule has 0 fully saturated rings. The van der Waals surface area contributed by atoms with E-state index in [0.29, 0.717) is 36.6 Å². The number of hydrogen-bond acceptors (Lipinski definition) is 7. The second-order valence-corrected chi connectivity index (χ2v) is 6.19. The summed E-state index contributed by atoms with van der Waals surface area (Å²) in [6, 6.07) is 0. The second-order valence-electron chi connectivity index (χ2n) is 4.60. The largest absolute Gasteiger partial charge is 0.368 e. The minimum atomic E-state index is -4.14. The van der Waals surface area contributed by atoms with E-state index in [0.717, 1.165) is 6.42 Å². The standard InChI is InChI=1S/C11H19N6O4P/c12-2-1-3-13-10-9-11(15-6-14-10)17(7-16-9)4-5-21-8-22(18,19)20/h6-7H,1-5,8,12H2,(H,13,14,15)(H2,18,19,20). The zero-order valence-corrected chi connectivity index (χ0v) is 12.8. The number of hydrogen-bond donors (Lipinski definition) is 4. The van der Waals surface area contributed by atoms with Gasteiger partial charge in [-0.1, -0.05) is 0 Å².